The molecule has 0 nitrogen and oxygen atoms in total. The second-order valence-corrected chi connectivity index (χ2v) is 0. The van der Waals surface area contributed by atoms with Crippen molar-refractivity contribution in [2.24, 2.45) is 0 Å². The molecule has 8 heavy (non-hydrogen) atoms. The zero-order chi connectivity index (χ0) is 0. The Hall–Kier alpha value is 0.527. The molecule has 0 heterocycles. The van der Waals surface area contributed by atoms with Crippen LogP contribution in [0, 0.1) is 0 Å². The van der Waals surface area contributed by atoms with Gasteiger partial charge in [-0.25, -0.2) is 0 Å². The molecule has 0 spiro atoms. The molecule has 0 amide bonds. The zero-order valence-electron chi connectivity index (χ0n) is 3.86. The summed E-state index contributed by atoms with van der Waals surface area (Å²) in [6.45, 7) is 0. The fourth-order valence-corrected chi connectivity index (χ4v) is 0. The molecule has 0 aromatic heterocycles. The van der Waals surface area contributed by atoms with E-state index in [4.69, 9.17) is 0 Å². The van der Waals surface area contributed by atoms with Gasteiger partial charge in [-0.1, -0.05) is 0 Å². The van der Waals surface area contributed by atoms with Crippen molar-refractivity contribution < 1.29 is 28.2 Å². The van der Waals surface area contributed by atoms with Gasteiger partial charge in [0.15, 0.2) is 0 Å². The molecule has 0 aliphatic heterocycles. The van der Waals surface area contributed by atoms with E-state index in [0.29, 0.717) is 0 Å². The molecule has 0 aromatic carbocycles. The van der Waals surface area contributed by atoms with Gasteiger partial charge < -0.3 is 0 Å². The van der Waals surface area contributed by atoms with Gasteiger partial charge in [-0.05, 0) is 0 Å². The molecule has 0 fully saturated rings. The molecule has 55 valence electrons. The van der Waals surface area contributed by atoms with Gasteiger partial charge in [-0.15, -0.1) is 0 Å². The van der Waals surface area contributed by atoms with Gasteiger partial charge in [0, 0.05) is 32.4 Å². The minimum atomic E-state index is 0. The topological polar surface area (TPSA) is 0 Å². The van der Waals surface area contributed by atoms with Gasteiger partial charge in [0.25, 0.3) is 0 Å². The summed E-state index contributed by atoms with van der Waals surface area (Å²) >= 11 is 0. The van der Waals surface area contributed by atoms with Gasteiger partial charge in [0.2, 0.25) is 0 Å². The van der Waals surface area contributed by atoms with Crippen LogP contribution in [0.4, 0.5) is 28.2 Å². The first kappa shape index (κ1) is 1740. The van der Waals surface area contributed by atoms with Gasteiger partial charge >= 0.3 is 0 Å². The van der Waals surface area contributed by atoms with Crippen molar-refractivity contribution in [3.8, 4) is 0 Å². The van der Waals surface area contributed by atoms with E-state index in [-0.39, 0.29) is 60.6 Å². The SMILES string of the molecule is F.F.F.F.F.F.[Li].[S]. The van der Waals surface area contributed by atoms with Crippen LogP contribution >= 0.6 is 13.5 Å². The molecule has 0 atom stereocenters. The average Bonchev–Trinajstić information content (AvgIpc) is 0. The fourth-order valence-electron chi connectivity index (χ4n) is 0. The second kappa shape index (κ2) is 1150. The van der Waals surface area contributed by atoms with E-state index < -0.39 is 0 Å². The monoisotopic (exact) mass is 159 g/mol. The van der Waals surface area contributed by atoms with Gasteiger partial charge in [-0.3, -0.25) is 28.2 Å². The number of hydrogen-bond donors (Lipinski definition) is 0. The van der Waals surface area contributed by atoms with Crippen LogP contribution in [0.25, 0.3) is 0 Å². The van der Waals surface area contributed by atoms with E-state index in [1.165, 1.54) is 0 Å². The number of rotatable bonds is 0. The minimum absolute atomic E-state index is 0. The first-order valence-corrected chi connectivity index (χ1v) is 0. The van der Waals surface area contributed by atoms with Crippen molar-refractivity contribution in [3.63, 3.8) is 0 Å². The van der Waals surface area contributed by atoms with E-state index in [2.05, 4.69) is 0 Å². The van der Waals surface area contributed by atoms with Crippen LogP contribution < -0.4 is 0 Å². The van der Waals surface area contributed by atoms with Crippen LogP contribution in [0.5, 0.6) is 0 Å². The summed E-state index contributed by atoms with van der Waals surface area (Å²) < 4.78 is 0. The standard InChI is InChI=1S/6FH.Li.S/h6*1H;;. The van der Waals surface area contributed by atoms with Gasteiger partial charge in [-0.2, -0.15) is 0 Å². The van der Waals surface area contributed by atoms with Crippen molar-refractivity contribution in [1.82, 2.24) is 0 Å². The zero-order valence-corrected chi connectivity index (χ0v) is 4.67. The van der Waals surface area contributed by atoms with Crippen molar-refractivity contribution >= 4 is 32.4 Å². The predicted molar refractivity (Wildman–Crippen MR) is 28.4 cm³/mol. The first-order chi connectivity index (χ1) is 0. The van der Waals surface area contributed by atoms with Crippen molar-refractivity contribution in [1.29, 1.82) is 0 Å². The predicted octanol–water partition coefficient (Wildman–Crippen LogP) is 1.18. The third-order valence-corrected chi connectivity index (χ3v) is 0. The first-order valence-electron chi connectivity index (χ1n) is 0. The van der Waals surface area contributed by atoms with Crippen molar-refractivity contribution in [2.75, 3.05) is 0 Å². The van der Waals surface area contributed by atoms with E-state index in [1.807, 2.05) is 0 Å². The molecule has 0 aromatic rings. The molecule has 0 unspecified atom stereocenters. The molecule has 0 bridgehead atoms. The Bertz CT molecular complexity index is 8.49. The molecule has 0 aliphatic rings. The molecule has 8 heteroatoms. The maximum absolute atomic E-state index is 0. The van der Waals surface area contributed by atoms with Gasteiger partial charge in [0.1, 0.15) is 0 Å². The molecule has 0 saturated heterocycles. The van der Waals surface area contributed by atoms with Crippen molar-refractivity contribution in [3.05, 3.63) is 0 Å². The number of halogens is 6. The quantitative estimate of drug-likeness (QED) is 0.367. The molecular formula is H6F6LiS. The summed E-state index contributed by atoms with van der Waals surface area (Å²) in [5, 5.41) is 0. The molecule has 3 radical (unpaired) electrons. The molecule has 0 aliphatic carbocycles. The Morgan fingerprint density at radius 1 is 0.375 bits per heavy atom. The average molecular weight is 159 g/mol. The Morgan fingerprint density at radius 3 is 0.375 bits per heavy atom. The van der Waals surface area contributed by atoms with E-state index in [0.717, 1.165) is 0 Å². The van der Waals surface area contributed by atoms with Crippen molar-refractivity contribution in [2.45, 2.75) is 0 Å². The van der Waals surface area contributed by atoms with Crippen LogP contribution in [0.15, 0.2) is 0 Å². The minimum Gasteiger partial charge on any atom is -0.269 e. The van der Waals surface area contributed by atoms with Crippen LogP contribution in [-0.4, -0.2) is 18.9 Å². The molecular weight excluding hydrogens is 153 g/mol. The Balaban J connectivity index is 0. The second-order valence-electron chi connectivity index (χ2n) is 0. The maximum atomic E-state index is 0. The van der Waals surface area contributed by atoms with Crippen LogP contribution in [-0.2, 0) is 0 Å². The third kappa shape index (κ3) is 717. The number of hydrogen-bond acceptors (Lipinski definition) is 0. The summed E-state index contributed by atoms with van der Waals surface area (Å²) in [7, 11) is 0. The molecule has 0 N–H and O–H groups in total. The maximum Gasteiger partial charge on any atom is 0 e. The van der Waals surface area contributed by atoms with E-state index in [1.54, 1.807) is 0 Å². The smallest absolute Gasteiger partial charge is 0 e. The van der Waals surface area contributed by atoms with Gasteiger partial charge in [0.05, 0.1) is 0 Å². The Morgan fingerprint density at radius 2 is 0.375 bits per heavy atom. The Kier molecular flexibility index (Phi) is 250000. The summed E-state index contributed by atoms with van der Waals surface area (Å²) in [4.78, 5) is 0. The van der Waals surface area contributed by atoms with E-state index >= 15 is 0 Å². The Labute approximate surface area is 61.2 Å². The summed E-state index contributed by atoms with van der Waals surface area (Å²) in [5.74, 6) is 0. The summed E-state index contributed by atoms with van der Waals surface area (Å²) in [6.07, 6.45) is 0. The molecule has 0 rings (SSSR count). The molecule has 0 saturated carbocycles. The third-order valence-electron chi connectivity index (χ3n) is 0. The largest absolute Gasteiger partial charge is 0.269 e. The van der Waals surface area contributed by atoms with Crippen LogP contribution in [0.2, 0.25) is 0 Å². The summed E-state index contributed by atoms with van der Waals surface area (Å²) in [6, 6.07) is 0. The fraction of sp³-hybridized carbons (Fsp3) is 0. The normalized spacial score (nSPS) is 0. The summed E-state index contributed by atoms with van der Waals surface area (Å²) in [5.41, 5.74) is 0. The van der Waals surface area contributed by atoms with Crippen LogP contribution in [0.1, 0.15) is 0 Å². The van der Waals surface area contributed by atoms with E-state index in [9.17, 15) is 0 Å². The van der Waals surface area contributed by atoms with Crippen LogP contribution in [0.3, 0.4) is 0 Å².